The molecule has 1 fully saturated rings. The van der Waals surface area contributed by atoms with Gasteiger partial charge in [-0.3, -0.25) is 14.4 Å². The molecule has 0 unspecified atom stereocenters. The topological polar surface area (TPSA) is 121 Å². The van der Waals surface area contributed by atoms with E-state index in [1.807, 2.05) is 0 Å². The van der Waals surface area contributed by atoms with Gasteiger partial charge in [0.15, 0.2) is 0 Å². The molecular formula is C10H16N2O5. The first-order valence-corrected chi connectivity index (χ1v) is 5.37. The van der Waals surface area contributed by atoms with Crippen LogP contribution in [0.2, 0.25) is 0 Å². The smallest absolute Gasteiger partial charge is 0.323 e. The summed E-state index contributed by atoms with van der Waals surface area (Å²) in [7, 11) is 0. The van der Waals surface area contributed by atoms with Gasteiger partial charge in [0.05, 0.1) is 5.54 Å². The average Bonchev–Trinajstić information content (AvgIpc) is 2.63. The summed E-state index contributed by atoms with van der Waals surface area (Å²) in [6.45, 7) is -1.27. The van der Waals surface area contributed by atoms with Gasteiger partial charge in [-0.25, -0.2) is 0 Å². The highest BCUT2D eigenvalue weighted by molar-refractivity contribution is 5.91. The van der Waals surface area contributed by atoms with Crippen molar-refractivity contribution in [2.24, 2.45) is 5.73 Å². The SMILES string of the molecule is NC1(C(=O)N(CC(=O)O)CC(=O)O)CCCC1. The minimum atomic E-state index is -1.25. The maximum atomic E-state index is 12.0. The number of hydrogen-bond donors (Lipinski definition) is 3. The third-order valence-electron chi connectivity index (χ3n) is 2.86. The van der Waals surface area contributed by atoms with E-state index in [0.717, 1.165) is 17.7 Å². The minimum absolute atomic E-state index is 0.474. The molecule has 0 aromatic rings. The number of carbonyl (C=O) groups excluding carboxylic acids is 1. The molecule has 7 nitrogen and oxygen atoms in total. The molecule has 7 heteroatoms. The number of carbonyl (C=O) groups is 3. The van der Waals surface area contributed by atoms with Crippen LogP contribution in [0.3, 0.4) is 0 Å². The van der Waals surface area contributed by atoms with E-state index in [-0.39, 0.29) is 0 Å². The molecule has 0 aromatic carbocycles. The molecule has 0 radical (unpaired) electrons. The second kappa shape index (κ2) is 5.13. The standard InChI is InChI=1S/C10H16N2O5/c11-10(3-1-2-4-10)9(17)12(5-7(13)14)6-8(15)16/h1-6,11H2,(H,13,14)(H,15,16). The first-order chi connectivity index (χ1) is 7.85. The number of carboxylic acid groups (broad SMARTS) is 2. The normalized spacial score (nSPS) is 17.7. The van der Waals surface area contributed by atoms with Crippen LogP contribution in [0.15, 0.2) is 0 Å². The summed E-state index contributed by atoms with van der Waals surface area (Å²) in [5.41, 5.74) is 4.79. The summed E-state index contributed by atoms with van der Waals surface area (Å²) < 4.78 is 0. The van der Waals surface area contributed by atoms with Gasteiger partial charge in [0.1, 0.15) is 13.1 Å². The molecule has 96 valence electrons. The third kappa shape index (κ3) is 3.42. The number of hydrogen-bond acceptors (Lipinski definition) is 4. The van der Waals surface area contributed by atoms with Crippen LogP contribution in [-0.4, -0.2) is 51.6 Å². The number of nitrogens with zero attached hydrogens (tertiary/aromatic N) is 1. The van der Waals surface area contributed by atoms with Crippen molar-refractivity contribution < 1.29 is 24.6 Å². The van der Waals surface area contributed by atoms with Crippen molar-refractivity contribution >= 4 is 17.8 Å². The van der Waals surface area contributed by atoms with Gasteiger partial charge in [-0.2, -0.15) is 0 Å². The molecule has 0 aliphatic heterocycles. The van der Waals surface area contributed by atoms with Crippen molar-refractivity contribution in [2.75, 3.05) is 13.1 Å². The molecule has 4 N–H and O–H groups in total. The van der Waals surface area contributed by atoms with Crippen LogP contribution in [0.4, 0.5) is 0 Å². The van der Waals surface area contributed by atoms with Crippen LogP contribution in [0.25, 0.3) is 0 Å². The average molecular weight is 244 g/mol. The van der Waals surface area contributed by atoms with E-state index in [1.165, 1.54) is 0 Å². The Hall–Kier alpha value is -1.63. The Balaban J connectivity index is 2.77. The van der Waals surface area contributed by atoms with Crippen LogP contribution < -0.4 is 5.73 Å². The molecule has 1 aliphatic carbocycles. The third-order valence-corrected chi connectivity index (χ3v) is 2.86. The molecule has 0 heterocycles. The van der Waals surface area contributed by atoms with Crippen molar-refractivity contribution in [3.8, 4) is 0 Å². The number of nitrogens with two attached hydrogens (primary N) is 1. The van der Waals surface area contributed by atoms with Crippen LogP contribution in [0.5, 0.6) is 0 Å². The van der Waals surface area contributed by atoms with E-state index in [2.05, 4.69) is 0 Å². The summed E-state index contributed by atoms with van der Waals surface area (Å²) in [6, 6.07) is 0. The summed E-state index contributed by atoms with van der Waals surface area (Å²) in [5.74, 6) is -3.08. The number of carboxylic acids is 2. The predicted octanol–water partition coefficient (Wildman–Crippen LogP) is -0.744. The summed E-state index contributed by atoms with van der Waals surface area (Å²) >= 11 is 0. The van der Waals surface area contributed by atoms with Crippen LogP contribution in [0.1, 0.15) is 25.7 Å². The summed E-state index contributed by atoms with van der Waals surface area (Å²) in [6.07, 6.45) is 2.55. The minimum Gasteiger partial charge on any atom is -0.480 e. The zero-order valence-electron chi connectivity index (χ0n) is 9.39. The quantitative estimate of drug-likeness (QED) is 0.585. The van der Waals surface area contributed by atoms with Crippen LogP contribution in [-0.2, 0) is 14.4 Å². The van der Waals surface area contributed by atoms with Crippen LogP contribution in [0, 0.1) is 0 Å². The summed E-state index contributed by atoms with van der Waals surface area (Å²) in [4.78, 5) is 34.0. The molecule has 0 spiro atoms. The Morgan fingerprint density at radius 2 is 1.47 bits per heavy atom. The number of aliphatic carboxylic acids is 2. The highest BCUT2D eigenvalue weighted by Crippen LogP contribution is 2.28. The maximum Gasteiger partial charge on any atom is 0.323 e. The fraction of sp³-hybridized carbons (Fsp3) is 0.700. The lowest BCUT2D eigenvalue weighted by molar-refractivity contribution is -0.151. The van der Waals surface area contributed by atoms with Gasteiger partial charge in [0.2, 0.25) is 5.91 Å². The lowest BCUT2D eigenvalue weighted by Gasteiger charge is -2.29. The van der Waals surface area contributed by atoms with E-state index in [4.69, 9.17) is 15.9 Å². The Labute approximate surface area is 98.2 Å². The van der Waals surface area contributed by atoms with Crippen molar-refractivity contribution in [2.45, 2.75) is 31.2 Å². The fourth-order valence-corrected chi connectivity index (χ4v) is 2.06. The van der Waals surface area contributed by atoms with E-state index >= 15 is 0 Å². The molecule has 1 amide bonds. The Morgan fingerprint density at radius 1 is 1.06 bits per heavy atom. The van der Waals surface area contributed by atoms with Crippen molar-refractivity contribution in [1.29, 1.82) is 0 Å². The highest BCUT2D eigenvalue weighted by Gasteiger charge is 2.40. The van der Waals surface area contributed by atoms with Crippen molar-refractivity contribution in [3.05, 3.63) is 0 Å². The van der Waals surface area contributed by atoms with Crippen LogP contribution >= 0.6 is 0 Å². The zero-order valence-corrected chi connectivity index (χ0v) is 9.39. The monoisotopic (exact) mass is 244 g/mol. The van der Waals surface area contributed by atoms with Crippen molar-refractivity contribution in [1.82, 2.24) is 4.90 Å². The number of amides is 1. The van der Waals surface area contributed by atoms with Gasteiger partial charge < -0.3 is 20.8 Å². The number of rotatable bonds is 5. The molecule has 0 aromatic heterocycles. The first kappa shape index (κ1) is 13.4. The second-order valence-electron chi connectivity index (χ2n) is 4.31. The molecule has 0 atom stereocenters. The van der Waals surface area contributed by atoms with E-state index in [1.54, 1.807) is 0 Å². The molecule has 1 rings (SSSR count). The molecule has 0 bridgehead atoms. The van der Waals surface area contributed by atoms with Gasteiger partial charge in [0.25, 0.3) is 0 Å². The molecule has 1 aliphatic rings. The highest BCUT2D eigenvalue weighted by atomic mass is 16.4. The second-order valence-corrected chi connectivity index (χ2v) is 4.31. The molecule has 17 heavy (non-hydrogen) atoms. The van der Waals surface area contributed by atoms with Gasteiger partial charge >= 0.3 is 11.9 Å². The van der Waals surface area contributed by atoms with Crippen molar-refractivity contribution in [3.63, 3.8) is 0 Å². The molecule has 0 saturated heterocycles. The zero-order chi connectivity index (χ0) is 13.1. The van der Waals surface area contributed by atoms with E-state index in [0.29, 0.717) is 12.8 Å². The van der Waals surface area contributed by atoms with Gasteiger partial charge in [-0.05, 0) is 12.8 Å². The fourth-order valence-electron chi connectivity index (χ4n) is 2.06. The van der Waals surface area contributed by atoms with Gasteiger partial charge in [-0.1, -0.05) is 12.8 Å². The molecule has 1 saturated carbocycles. The maximum absolute atomic E-state index is 12.0. The largest absolute Gasteiger partial charge is 0.480 e. The first-order valence-electron chi connectivity index (χ1n) is 5.37. The predicted molar refractivity (Wildman–Crippen MR) is 57.2 cm³/mol. The van der Waals surface area contributed by atoms with E-state index in [9.17, 15) is 14.4 Å². The lowest BCUT2D eigenvalue weighted by atomic mass is 9.97. The summed E-state index contributed by atoms with van der Waals surface area (Å²) in [5, 5.41) is 17.3. The Morgan fingerprint density at radius 3 is 1.82 bits per heavy atom. The Bertz CT molecular complexity index is 320. The lowest BCUT2D eigenvalue weighted by Crippen LogP contribution is -2.55. The van der Waals surface area contributed by atoms with E-state index < -0.39 is 36.5 Å². The molecular weight excluding hydrogens is 228 g/mol. The van der Waals surface area contributed by atoms with Gasteiger partial charge in [0, 0.05) is 0 Å². The Kier molecular flexibility index (Phi) is 4.06. The van der Waals surface area contributed by atoms with Gasteiger partial charge in [-0.15, -0.1) is 0 Å².